The molecule has 0 aliphatic rings. The van der Waals surface area contributed by atoms with Crippen LogP contribution in [0.25, 0.3) is 0 Å². The van der Waals surface area contributed by atoms with Gasteiger partial charge in [-0.1, -0.05) is 71.4 Å². The van der Waals surface area contributed by atoms with E-state index in [4.69, 9.17) is 12.6 Å². The van der Waals surface area contributed by atoms with Gasteiger partial charge in [-0.2, -0.15) is 0 Å². The van der Waals surface area contributed by atoms with Gasteiger partial charge in [0, 0.05) is 5.75 Å². The summed E-state index contributed by atoms with van der Waals surface area (Å²) < 4.78 is 0. The fraction of sp³-hybridized carbons (Fsp3) is 1.00. The van der Waals surface area contributed by atoms with Crippen LogP contribution in [0.3, 0.4) is 0 Å². The second kappa shape index (κ2) is 10.4. The van der Waals surface area contributed by atoms with Crippen LogP contribution in [0.4, 0.5) is 0 Å². The number of hydrogen-bond donors (Lipinski definition) is 0. The van der Waals surface area contributed by atoms with Crippen molar-refractivity contribution in [2.24, 2.45) is 5.92 Å². The van der Waals surface area contributed by atoms with E-state index in [9.17, 15) is 0 Å². The van der Waals surface area contributed by atoms with Crippen molar-refractivity contribution in [2.45, 2.75) is 65.2 Å². The van der Waals surface area contributed by atoms with Gasteiger partial charge in [0.2, 0.25) is 0 Å². The molecule has 0 nitrogen and oxygen atoms in total. The summed E-state index contributed by atoms with van der Waals surface area (Å²) in [5.41, 5.74) is 0. The van der Waals surface area contributed by atoms with Gasteiger partial charge in [0.25, 0.3) is 0 Å². The maximum absolute atomic E-state index is 4.96. The normalized spacial score (nSPS) is 13.2. The molecule has 0 amide bonds. The lowest BCUT2D eigenvalue weighted by atomic mass is 9.92. The zero-order chi connectivity index (χ0) is 9.94. The highest BCUT2D eigenvalue weighted by Gasteiger charge is 2.06. The Morgan fingerprint density at radius 1 is 0.846 bits per heavy atom. The van der Waals surface area contributed by atoms with Crippen molar-refractivity contribution in [2.75, 3.05) is 5.75 Å². The molecule has 1 radical (unpaired) electrons. The van der Waals surface area contributed by atoms with E-state index < -0.39 is 0 Å². The molecule has 1 atom stereocenters. The first-order valence-electron chi connectivity index (χ1n) is 5.93. The van der Waals surface area contributed by atoms with Crippen LogP contribution in [-0.2, 0) is 0 Å². The molecule has 0 rings (SSSR count). The van der Waals surface area contributed by atoms with E-state index >= 15 is 0 Å². The van der Waals surface area contributed by atoms with Gasteiger partial charge in [0.15, 0.2) is 0 Å². The Morgan fingerprint density at radius 2 is 1.54 bits per heavy atom. The van der Waals surface area contributed by atoms with Crippen LogP contribution in [0, 0.1) is 5.92 Å². The molecule has 0 saturated carbocycles. The highest BCUT2D eigenvalue weighted by molar-refractivity contribution is 7.80. The Labute approximate surface area is 89.9 Å². The summed E-state index contributed by atoms with van der Waals surface area (Å²) in [6.45, 7) is 4.58. The standard InChI is InChI=1S/C12H25S/c1-3-5-9-12(8-4-2)10-6-7-11-13/h12H,3-11H2,1-2H3. The molecule has 13 heavy (non-hydrogen) atoms. The van der Waals surface area contributed by atoms with E-state index in [2.05, 4.69) is 13.8 Å². The molecule has 0 aliphatic heterocycles. The predicted octanol–water partition coefficient (Wildman–Crippen LogP) is 4.96. The first kappa shape index (κ1) is 13.4. The second-order valence-corrected chi connectivity index (χ2v) is 4.41. The third-order valence-electron chi connectivity index (χ3n) is 2.67. The van der Waals surface area contributed by atoms with Crippen molar-refractivity contribution >= 4 is 12.6 Å². The second-order valence-electron chi connectivity index (χ2n) is 4.00. The van der Waals surface area contributed by atoms with Gasteiger partial charge in [-0.25, -0.2) is 0 Å². The van der Waals surface area contributed by atoms with Gasteiger partial charge in [-0.05, 0) is 12.3 Å². The Bertz CT molecular complexity index is 91.1. The van der Waals surface area contributed by atoms with Crippen molar-refractivity contribution in [3.05, 3.63) is 0 Å². The van der Waals surface area contributed by atoms with Crippen LogP contribution >= 0.6 is 12.6 Å². The SMILES string of the molecule is CCCCC(CCC)CCCC[S]. The minimum absolute atomic E-state index is 0.951. The quantitative estimate of drug-likeness (QED) is 0.462. The van der Waals surface area contributed by atoms with Gasteiger partial charge in [0.1, 0.15) is 0 Å². The van der Waals surface area contributed by atoms with Crippen LogP contribution in [-0.4, -0.2) is 5.75 Å². The first-order valence-corrected chi connectivity index (χ1v) is 6.50. The molecule has 0 N–H and O–H groups in total. The van der Waals surface area contributed by atoms with Gasteiger partial charge < -0.3 is 0 Å². The smallest absolute Gasteiger partial charge is 0.00369 e. The largest absolute Gasteiger partial charge is 0.0942 e. The fourth-order valence-corrected chi connectivity index (χ4v) is 2.07. The molecule has 0 bridgehead atoms. The van der Waals surface area contributed by atoms with E-state index in [1.54, 1.807) is 0 Å². The van der Waals surface area contributed by atoms with Gasteiger partial charge in [-0.3, -0.25) is 0 Å². The molecule has 0 spiro atoms. The topological polar surface area (TPSA) is 0 Å². The van der Waals surface area contributed by atoms with Crippen LogP contribution in [0.2, 0.25) is 0 Å². The maximum Gasteiger partial charge on any atom is 0.00369 e. The average Bonchev–Trinajstić information content (AvgIpc) is 2.14. The molecule has 0 aromatic heterocycles. The van der Waals surface area contributed by atoms with Crippen LogP contribution in [0.5, 0.6) is 0 Å². The monoisotopic (exact) mass is 201 g/mol. The Balaban J connectivity index is 3.41. The summed E-state index contributed by atoms with van der Waals surface area (Å²) in [7, 11) is 0. The summed E-state index contributed by atoms with van der Waals surface area (Å²) in [6.07, 6.45) is 11.0. The zero-order valence-corrected chi connectivity index (χ0v) is 10.2. The van der Waals surface area contributed by atoms with E-state index in [0.29, 0.717) is 0 Å². The summed E-state index contributed by atoms with van der Waals surface area (Å²) in [4.78, 5) is 0. The van der Waals surface area contributed by atoms with Crippen LogP contribution < -0.4 is 0 Å². The van der Waals surface area contributed by atoms with Gasteiger partial charge in [-0.15, -0.1) is 0 Å². The lowest BCUT2D eigenvalue weighted by molar-refractivity contribution is 0.391. The summed E-state index contributed by atoms with van der Waals surface area (Å²) in [5.74, 6) is 1.94. The number of rotatable bonds is 9. The van der Waals surface area contributed by atoms with Crippen molar-refractivity contribution < 1.29 is 0 Å². The molecular weight excluding hydrogens is 176 g/mol. The summed E-state index contributed by atoms with van der Waals surface area (Å²) >= 11 is 4.96. The molecule has 1 unspecified atom stereocenters. The molecule has 1 heteroatoms. The maximum atomic E-state index is 4.96. The Morgan fingerprint density at radius 3 is 2.08 bits per heavy atom. The minimum Gasteiger partial charge on any atom is -0.0942 e. The highest BCUT2D eigenvalue weighted by Crippen LogP contribution is 2.21. The lowest BCUT2D eigenvalue weighted by Gasteiger charge is -2.14. The van der Waals surface area contributed by atoms with Crippen molar-refractivity contribution in [3.63, 3.8) is 0 Å². The molecule has 0 aliphatic carbocycles. The van der Waals surface area contributed by atoms with Gasteiger partial charge >= 0.3 is 0 Å². The highest BCUT2D eigenvalue weighted by atomic mass is 32.1. The van der Waals surface area contributed by atoms with Gasteiger partial charge in [0.05, 0.1) is 0 Å². The molecule has 0 fully saturated rings. The number of hydrogen-bond acceptors (Lipinski definition) is 0. The lowest BCUT2D eigenvalue weighted by Crippen LogP contribution is -2.00. The summed E-state index contributed by atoms with van der Waals surface area (Å²) in [5, 5.41) is 0. The molecule has 0 aromatic rings. The molecule has 0 aromatic carbocycles. The predicted molar refractivity (Wildman–Crippen MR) is 64.2 cm³/mol. The zero-order valence-electron chi connectivity index (χ0n) is 9.35. The molecule has 0 heterocycles. The molecular formula is C12H25S. The van der Waals surface area contributed by atoms with Crippen LogP contribution in [0.15, 0.2) is 0 Å². The fourth-order valence-electron chi connectivity index (χ4n) is 1.87. The summed E-state index contributed by atoms with van der Waals surface area (Å²) in [6, 6.07) is 0. The van der Waals surface area contributed by atoms with Crippen molar-refractivity contribution in [1.82, 2.24) is 0 Å². The van der Waals surface area contributed by atoms with Crippen molar-refractivity contribution in [3.8, 4) is 0 Å². The Hall–Kier alpha value is 0.350. The first-order chi connectivity index (χ1) is 6.35. The average molecular weight is 201 g/mol. The minimum atomic E-state index is 0.951. The van der Waals surface area contributed by atoms with Crippen LogP contribution in [0.1, 0.15) is 65.2 Å². The Kier molecular flexibility index (Phi) is 10.7. The van der Waals surface area contributed by atoms with E-state index in [1.807, 2.05) is 0 Å². The van der Waals surface area contributed by atoms with E-state index in [0.717, 1.165) is 11.7 Å². The van der Waals surface area contributed by atoms with Crippen molar-refractivity contribution in [1.29, 1.82) is 0 Å². The number of unbranched alkanes of at least 4 members (excludes halogenated alkanes) is 2. The third-order valence-corrected chi connectivity index (χ3v) is 2.96. The molecule has 0 saturated heterocycles. The van der Waals surface area contributed by atoms with E-state index in [1.165, 1.54) is 51.4 Å². The third kappa shape index (κ3) is 8.67. The molecule has 79 valence electrons. The van der Waals surface area contributed by atoms with E-state index in [-0.39, 0.29) is 0 Å².